The van der Waals surface area contributed by atoms with Crippen molar-refractivity contribution in [2.24, 2.45) is 0 Å². The maximum absolute atomic E-state index is 13.2. The van der Waals surface area contributed by atoms with Gasteiger partial charge in [0.2, 0.25) is 0 Å². The van der Waals surface area contributed by atoms with E-state index in [-0.39, 0.29) is 6.54 Å². The molecule has 0 aliphatic carbocycles. The maximum atomic E-state index is 13.2. The van der Waals surface area contributed by atoms with Gasteiger partial charge in [-0.05, 0) is 24.6 Å². The first kappa shape index (κ1) is 15.3. The Morgan fingerprint density at radius 1 is 1.25 bits per heavy atom. The van der Waals surface area contributed by atoms with Gasteiger partial charge in [0.05, 0.1) is 5.60 Å². The smallest absolute Gasteiger partial charge is 0.194 e. The third-order valence-corrected chi connectivity index (χ3v) is 3.67. The van der Waals surface area contributed by atoms with E-state index in [0.717, 1.165) is 12.1 Å². The summed E-state index contributed by atoms with van der Waals surface area (Å²) in [6.07, 6.45) is 1.03. The van der Waals surface area contributed by atoms with Crippen LogP contribution in [0.25, 0.3) is 0 Å². The minimum absolute atomic E-state index is 0.290. The second-order valence-electron chi connectivity index (χ2n) is 5.24. The maximum Gasteiger partial charge on any atom is 0.194 e. The quantitative estimate of drug-likeness (QED) is 0.836. The standard InChI is InChI=1S/C14H18F3NO2/c1-9(10-6-11(15)13(17)12(16)7-10)18-8-14(19)2-4-20-5-3-14/h6-7,9,18-19H,2-5,8H2,1H3. The second-order valence-corrected chi connectivity index (χ2v) is 5.24. The van der Waals surface area contributed by atoms with Crippen LogP contribution >= 0.6 is 0 Å². The molecule has 6 heteroatoms. The van der Waals surface area contributed by atoms with E-state index in [4.69, 9.17) is 4.74 Å². The van der Waals surface area contributed by atoms with Crippen LogP contribution in [0.4, 0.5) is 13.2 Å². The topological polar surface area (TPSA) is 41.5 Å². The molecule has 1 aliphatic rings. The summed E-state index contributed by atoms with van der Waals surface area (Å²) in [6, 6.07) is 1.53. The van der Waals surface area contributed by atoms with E-state index in [2.05, 4.69) is 5.32 Å². The van der Waals surface area contributed by atoms with Crippen molar-refractivity contribution >= 4 is 0 Å². The molecule has 1 aromatic rings. The van der Waals surface area contributed by atoms with Crippen molar-refractivity contribution in [3.63, 3.8) is 0 Å². The molecule has 112 valence electrons. The molecule has 1 saturated heterocycles. The number of aliphatic hydroxyl groups is 1. The van der Waals surface area contributed by atoms with Crippen LogP contribution in [0.2, 0.25) is 0 Å². The lowest BCUT2D eigenvalue weighted by Gasteiger charge is -2.33. The SMILES string of the molecule is CC(NCC1(O)CCOCC1)c1cc(F)c(F)c(F)c1. The lowest BCUT2D eigenvalue weighted by atomic mass is 9.94. The van der Waals surface area contributed by atoms with Crippen LogP contribution in [0.15, 0.2) is 12.1 Å². The van der Waals surface area contributed by atoms with Crippen LogP contribution in [0.1, 0.15) is 31.4 Å². The molecule has 0 radical (unpaired) electrons. The molecule has 0 spiro atoms. The molecular formula is C14H18F3NO2. The van der Waals surface area contributed by atoms with Crippen LogP contribution in [0.5, 0.6) is 0 Å². The Morgan fingerprint density at radius 3 is 2.35 bits per heavy atom. The third-order valence-electron chi connectivity index (χ3n) is 3.67. The molecule has 20 heavy (non-hydrogen) atoms. The van der Waals surface area contributed by atoms with E-state index in [1.165, 1.54) is 0 Å². The van der Waals surface area contributed by atoms with Crippen molar-refractivity contribution in [1.82, 2.24) is 5.32 Å². The number of nitrogens with one attached hydrogen (secondary N) is 1. The van der Waals surface area contributed by atoms with Gasteiger partial charge in [-0.3, -0.25) is 0 Å². The molecule has 2 N–H and O–H groups in total. The van der Waals surface area contributed by atoms with Crippen LogP contribution in [0, 0.1) is 17.5 Å². The second kappa shape index (κ2) is 6.11. The number of benzene rings is 1. The summed E-state index contributed by atoms with van der Waals surface area (Å²) >= 11 is 0. The van der Waals surface area contributed by atoms with Gasteiger partial charge in [-0.15, -0.1) is 0 Å². The molecule has 1 aliphatic heterocycles. The largest absolute Gasteiger partial charge is 0.388 e. The number of hydrogen-bond acceptors (Lipinski definition) is 3. The molecule has 2 rings (SSSR count). The predicted octanol–water partition coefficient (Wildman–Crippen LogP) is 2.30. The molecule has 1 unspecified atom stereocenters. The van der Waals surface area contributed by atoms with Crippen LogP contribution in [-0.2, 0) is 4.74 Å². The minimum Gasteiger partial charge on any atom is -0.388 e. The summed E-state index contributed by atoms with van der Waals surface area (Å²) in [6.45, 7) is 2.98. The minimum atomic E-state index is -1.47. The first-order valence-electron chi connectivity index (χ1n) is 6.59. The van der Waals surface area contributed by atoms with Gasteiger partial charge >= 0.3 is 0 Å². The lowest BCUT2D eigenvalue weighted by molar-refractivity contribution is -0.0626. The van der Waals surface area contributed by atoms with Crippen molar-refractivity contribution in [3.8, 4) is 0 Å². The average molecular weight is 289 g/mol. The first-order valence-corrected chi connectivity index (χ1v) is 6.59. The Balaban J connectivity index is 1.99. The van der Waals surface area contributed by atoms with Crippen LogP contribution in [-0.4, -0.2) is 30.5 Å². The molecule has 0 bridgehead atoms. The highest BCUT2D eigenvalue weighted by molar-refractivity contribution is 5.22. The molecule has 1 aromatic carbocycles. The molecule has 0 aromatic heterocycles. The summed E-state index contributed by atoms with van der Waals surface area (Å²) in [5.41, 5.74) is -0.569. The van der Waals surface area contributed by atoms with Crippen LogP contribution in [0.3, 0.4) is 0 Å². The van der Waals surface area contributed by atoms with Gasteiger partial charge < -0.3 is 15.2 Å². The fourth-order valence-corrected chi connectivity index (χ4v) is 2.21. The zero-order valence-electron chi connectivity index (χ0n) is 11.3. The van der Waals surface area contributed by atoms with Crippen molar-refractivity contribution in [1.29, 1.82) is 0 Å². The fourth-order valence-electron chi connectivity index (χ4n) is 2.21. The van der Waals surface area contributed by atoms with E-state index < -0.39 is 29.1 Å². The van der Waals surface area contributed by atoms with Crippen molar-refractivity contribution in [3.05, 3.63) is 35.1 Å². The molecular weight excluding hydrogens is 271 g/mol. The normalized spacial score (nSPS) is 19.9. The fraction of sp³-hybridized carbons (Fsp3) is 0.571. The van der Waals surface area contributed by atoms with Gasteiger partial charge in [-0.25, -0.2) is 13.2 Å². The molecule has 0 amide bonds. The zero-order valence-corrected chi connectivity index (χ0v) is 11.3. The first-order chi connectivity index (χ1) is 9.41. The Labute approximate surface area is 115 Å². The lowest BCUT2D eigenvalue weighted by Crippen LogP contribution is -2.45. The summed E-state index contributed by atoms with van der Waals surface area (Å²) in [5, 5.41) is 13.3. The Kier molecular flexibility index (Phi) is 4.67. The number of ether oxygens (including phenoxy) is 1. The van der Waals surface area contributed by atoms with E-state index in [1.807, 2.05) is 0 Å². The number of rotatable bonds is 4. The zero-order chi connectivity index (χ0) is 14.8. The molecule has 1 heterocycles. The number of hydrogen-bond donors (Lipinski definition) is 2. The number of halogens is 3. The highest BCUT2D eigenvalue weighted by Crippen LogP contribution is 2.22. The highest BCUT2D eigenvalue weighted by Gasteiger charge is 2.30. The van der Waals surface area contributed by atoms with Gasteiger partial charge in [0.25, 0.3) is 0 Å². The summed E-state index contributed by atoms with van der Waals surface area (Å²) in [7, 11) is 0. The van der Waals surface area contributed by atoms with E-state index in [0.29, 0.717) is 31.6 Å². The van der Waals surface area contributed by atoms with Crippen LogP contribution < -0.4 is 5.32 Å². The van der Waals surface area contributed by atoms with Gasteiger partial charge in [0.1, 0.15) is 0 Å². The van der Waals surface area contributed by atoms with E-state index >= 15 is 0 Å². The van der Waals surface area contributed by atoms with Gasteiger partial charge in [-0.2, -0.15) is 0 Å². The summed E-state index contributed by atoms with van der Waals surface area (Å²) in [5.74, 6) is -3.89. The Hall–Kier alpha value is -1.11. The monoisotopic (exact) mass is 289 g/mol. The molecule has 1 fully saturated rings. The van der Waals surface area contributed by atoms with E-state index in [9.17, 15) is 18.3 Å². The predicted molar refractivity (Wildman–Crippen MR) is 67.7 cm³/mol. The van der Waals surface area contributed by atoms with Gasteiger partial charge in [-0.1, -0.05) is 0 Å². The average Bonchev–Trinajstić information content (AvgIpc) is 2.42. The highest BCUT2D eigenvalue weighted by atomic mass is 19.2. The third kappa shape index (κ3) is 3.50. The van der Waals surface area contributed by atoms with Gasteiger partial charge in [0, 0.05) is 38.6 Å². The van der Waals surface area contributed by atoms with Crippen molar-refractivity contribution in [2.45, 2.75) is 31.4 Å². The summed E-state index contributed by atoms with van der Waals surface area (Å²) in [4.78, 5) is 0. The van der Waals surface area contributed by atoms with Crippen molar-refractivity contribution in [2.75, 3.05) is 19.8 Å². The van der Waals surface area contributed by atoms with Gasteiger partial charge in [0.15, 0.2) is 17.5 Å². The Bertz CT molecular complexity index is 452. The molecule has 3 nitrogen and oxygen atoms in total. The van der Waals surface area contributed by atoms with E-state index in [1.54, 1.807) is 6.92 Å². The van der Waals surface area contributed by atoms with Crippen molar-refractivity contribution < 1.29 is 23.0 Å². The molecule has 1 atom stereocenters. The summed E-state index contributed by atoms with van der Waals surface area (Å²) < 4.78 is 44.4. The Morgan fingerprint density at radius 2 is 1.80 bits per heavy atom. The molecule has 0 saturated carbocycles.